The van der Waals surface area contributed by atoms with Crippen molar-refractivity contribution in [2.45, 2.75) is 51.5 Å². The number of H-pyrrole nitrogens is 1. The van der Waals surface area contributed by atoms with E-state index in [1.165, 1.54) is 0 Å². The summed E-state index contributed by atoms with van der Waals surface area (Å²) >= 11 is 12.9. The van der Waals surface area contributed by atoms with Gasteiger partial charge in [0.25, 0.3) is 5.91 Å². The van der Waals surface area contributed by atoms with Gasteiger partial charge in [0.15, 0.2) is 5.15 Å². The molecule has 172 valence electrons. The van der Waals surface area contributed by atoms with Crippen LogP contribution in [0.15, 0.2) is 12.1 Å². The first-order valence-electron chi connectivity index (χ1n) is 10.9. The van der Waals surface area contributed by atoms with Crippen molar-refractivity contribution >= 4 is 40.0 Å². The van der Waals surface area contributed by atoms with Gasteiger partial charge in [-0.25, -0.2) is 4.98 Å². The second kappa shape index (κ2) is 8.69. The lowest BCUT2D eigenvalue weighted by atomic mass is 9.86. The first-order chi connectivity index (χ1) is 15.1. The molecule has 1 aliphatic heterocycles. The van der Waals surface area contributed by atoms with Gasteiger partial charge in [-0.1, -0.05) is 44.0 Å². The molecule has 1 aromatic carbocycles. The number of imidazole rings is 1. The molecule has 4 rings (SSSR count). The van der Waals surface area contributed by atoms with E-state index >= 15 is 0 Å². The lowest BCUT2D eigenvalue weighted by Crippen LogP contribution is -2.39. The number of nitrogens with one attached hydrogen (secondary N) is 2. The smallest absolute Gasteiger partial charge is 0.273 e. The summed E-state index contributed by atoms with van der Waals surface area (Å²) in [5.74, 6) is 0.672. The minimum atomic E-state index is -0.0959. The van der Waals surface area contributed by atoms with Crippen LogP contribution in [0.3, 0.4) is 0 Å². The van der Waals surface area contributed by atoms with Crippen molar-refractivity contribution in [2.24, 2.45) is 7.05 Å². The van der Waals surface area contributed by atoms with E-state index in [9.17, 15) is 4.79 Å². The van der Waals surface area contributed by atoms with E-state index in [2.05, 4.69) is 47.3 Å². The van der Waals surface area contributed by atoms with Gasteiger partial charge in [-0.3, -0.25) is 9.89 Å². The van der Waals surface area contributed by atoms with E-state index in [4.69, 9.17) is 23.2 Å². The van der Waals surface area contributed by atoms with Gasteiger partial charge in [0.2, 0.25) is 0 Å². The van der Waals surface area contributed by atoms with Crippen molar-refractivity contribution < 1.29 is 4.79 Å². The average molecular weight is 477 g/mol. The van der Waals surface area contributed by atoms with Crippen LogP contribution in [-0.2, 0) is 25.3 Å². The summed E-state index contributed by atoms with van der Waals surface area (Å²) in [6, 6.07) is 4.22. The predicted octanol–water partition coefficient (Wildman–Crippen LogP) is 4.12. The second-order valence-corrected chi connectivity index (χ2v) is 10.4. The van der Waals surface area contributed by atoms with E-state index in [0.29, 0.717) is 18.5 Å². The normalized spacial score (nSPS) is 16.8. The zero-order chi connectivity index (χ0) is 23.2. The lowest BCUT2D eigenvalue weighted by molar-refractivity contribution is 0.0734. The van der Waals surface area contributed by atoms with Crippen LogP contribution in [0.25, 0.3) is 10.9 Å². The van der Waals surface area contributed by atoms with Gasteiger partial charge in [-0.05, 0) is 42.5 Å². The summed E-state index contributed by atoms with van der Waals surface area (Å²) in [6.45, 7) is 8.16. The zero-order valence-corrected chi connectivity index (χ0v) is 20.7. The average Bonchev–Trinajstić information content (AvgIpc) is 3.44. The summed E-state index contributed by atoms with van der Waals surface area (Å²) in [4.78, 5) is 19.4. The number of carbonyl (C=O) groups excluding carboxylic acids is 1. The highest BCUT2D eigenvalue weighted by molar-refractivity contribution is 6.32. The maximum Gasteiger partial charge on any atom is 0.273 e. The van der Waals surface area contributed by atoms with Gasteiger partial charge in [0.05, 0.1) is 5.52 Å². The number of likely N-dealkylation sites (N-methyl/N-ethyl adjacent to an activating group) is 1. The molecule has 0 saturated carbocycles. The second-order valence-electron chi connectivity index (χ2n) is 9.59. The fourth-order valence-electron chi connectivity index (χ4n) is 4.35. The molecular formula is C23H30Cl2N6O. The Bertz CT molecular complexity index is 1150. The molecule has 9 heteroatoms. The Labute approximate surface area is 198 Å². The third kappa shape index (κ3) is 4.26. The molecule has 3 heterocycles. The molecule has 32 heavy (non-hydrogen) atoms. The summed E-state index contributed by atoms with van der Waals surface area (Å²) in [5, 5.41) is 12.9. The summed E-state index contributed by atoms with van der Waals surface area (Å²) in [5.41, 5.74) is 3.32. The van der Waals surface area contributed by atoms with Crippen LogP contribution in [0.1, 0.15) is 54.8 Å². The fraction of sp³-hybridized carbons (Fsp3) is 0.522. The molecule has 1 unspecified atom stereocenters. The van der Waals surface area contributed by atoms with Crippen molar-refractivity contribution in [3.05, 3.63) is 45.1 Å². The Kier molecular flexibility index (Phi) is 6.27. The lowest BCUT2D eigenvalue weighted by Gasteiger charge is -2.24. The number of aromatic amines is 1. The minimum absolute atomic E-state index is 0.0663. The maximum absolute atomic E-state index is 13.1. The van der Waals surface area contributed by atoms with Gasteiger partial charge in [-0.15, -0.1) is 0 Å². The number of hydrogen-bond donors (Lipinski definition) is 2. The number of hydrogen-bond acceptors (Lipinski definition) is 4. The number of aryl methyl sites for hydroxylation is 2. The Morgan fingerprint density at radius 3 is 2.69 bits per heavy atom. The highest BCUT2D eigenvalue weighted by Crippen LogP contribution is 2.33. The summed E-state index contributed by atoms with van der Waals surface area (Å²) in [7, 11) is 3.68. The molecule has 1 fully saturated rings. The summed E-state index contributed by atoms with van der Waals surface area (Å²) in [6.07, 6.45) is 2.26. The SMILES string of the molecule is CN(C(=O)c1c(Cl)nc(CCc2[nH]nc3cc(Cl)c(C(C)(C)C)cc23)n1C)C1CCNC1. The van der Waals surface area contributed by atoms with Crippen LogP contribution < -0.4 is 5.32 Å². The van der Waals surface area contributed by atoms with E-state index in [0.717, 1.165) is 52.5 Å². The molecule has 0 bridgehead atoms. The van der Waals surface area contributed by atoms with E-state index in [1.807, 2.05) is 24.7 Å². The molecule has 1 saturated heterocycles. The first kappa shape index (κ1) is 23.1. The van der Waals surface area contributed by atoms with Crippen LogP contribution in [0.2, 0.25) is 10.2 Å². The number of nitrogens with zero attached hydrogens (tertiary/aromatic N) is 4. The topological polar surface area (TPSA) is 78.8 Å². The number of aromatic nitrogens is 4. The van der Waals surface area contributed by atoms with Crippen LogP contribution in [0.4, 0.5) is 0 Å². The van der Waals surface area contributed by atoms with Gasteiger partial charge in [0.1, 0.15) is 11.5 Å². The van der Waals surface area contributed by atoms with Crippen molar-refractivity contribution in [2.75, 3.05) is 20.1 Å². The summed E-state index contributed by atoms with van der Waals surface area (Å²) < 4.78 is 1.82. The van der Waals surface area contributed by atoms with Crippen molar-refractivity contribution in [1.29, 1.82) is 0 Å². The molecule has 2 N–H and O–H groups in total. The molecule has 0 radical (unpaired) electrons. The van der Waals surface area contributed by atoms with Crippen LogP contribution in [-0.4, -0.2) is 56.7 Å². The maximum atomic E-state index is 13.1. The van der Waals surface area contributed by atoms with Crippen molar-refractivity contribution in [3.63, 3.8) is 0 Å². The van der Waals surface area contributed by atoms with E-state index in [1.54, 1.807) is 4.90 Å². The van der Waals surface area contributed by atoms with E-state index in [-0.39, 0.29) is 22.5 Å². The number of carbonyl (C=O) groups is 1. The molecule has 3 aromatic rings. The van der Waals surface area contributed by atoms with Gasteiger partial charge in [0, 0.05) is 49.2 Å². The molecule has 1 amide bonds. The highest BCUT2D eigenvalue weighted by Gasteiger charge is 2.29. The third-order valence-corrected chi connectivity index (χ3v) is 6.95. The Morgan fingerprint density at radius 1 is 1.28 bits per heavy atom. The van der Waals surface area contributed by atoms with Crippen molar-refractivity contribution in [3.8, 4) is 0 Å². The fourth-order valence-corrected chi connectivity index (χ4v) is 5.10. The molecule has 7 nitrogen and oxygen atoms in total. The zero-order valence-electron chi connectivity index (χ0n) is 19.2. The number of fused-ring (bicyclic) bond motifs is 1. The Morgan fingerprint density at radius 2 is 2.03 bits per heavy atom. The number of amides is 1. The van der Waals surface area contributed by atoms with Crippen LogP contribution >= 0.6 is 23.2 Å². The first-order valence-corrected chi connectivity index (χ1v) is 11.7. The molecule has 0 aliphatic carbocycles. The molecule has 1 atom stereocenters. The van der Waals surface area contributed by atoms with Gasteiger partial charge >= 0.3 is 0 Å². The predicted molar refractivity (Wildman–Crippen MR) is 129 cm³/mol. The Hall–Kier alpha value is -2.09. The van der Waals surface area contributed by atoms with Gasteiger partial charge in [-0.2, -0.15) is 5.10 Å². The quantitative estimate of drug-likeness (QED) is 0.580. The van der Waals surface area contributed by atoms with E-state index < -0.39 is 0 Å². The molecule has 1 aliphatic rings. The molecule has 2 aromatic heterocycles. The van der Waals surface area contributed by atoms with Crippen LogP contribution in [0.5, 0.6) is 0 Å². The van der Waals surface area contributed by atoms with Crippen molar-refractivity contribution in [1.82, 2.24) is 30.0 Å². The largest absolute Gasteiger partial charge is 0.336 e. The minimum Gasteiger partial charge on any atom is -0.336 e. The monoisotopic (exact) mass is 476 g/mol. The number of halogens is 2. The standard InChI is InChI=1S/C23H30Cl2N6O/c1-23(2,3)15-10-14-17(28-29-18(14)11-16(15)24)6-7-19-27-21(25)20(31(19)5)22(32)30(4)13-8-9-26-12-13/h10-11,13,26H,6-9,12H2,1-5H3,(H,28,29). The van der Waals surface area contributed by atoms with Gasteiger partial charge < -0.3 is 14.8 Å². The molecular weight excluding hydrogens is 447 g/mol. The third-order valence-electron chi connectivity index (χ3n) is 6.38. The van der Waals surface area contributed by atoms with Crippen LogP contribution in [0, 0.1) is 0 Å². The number of benzene rings is 1. The highest BCUT2D eigenvalue weighted by atomic mass is 35.5. The Balaban J connectivity index is 1.56. The number of rotatable bonds is 5. The molecule has 0 spiro atoms.